The van der Waals surface area contributed by atoms with E-state index in [1.54, 1.807) is 0 Å². The average Bonchev–Trinajstić information content (AvgIpc) is 1.80. The Bertz CT molecular complexity index is 92.7. The molecule has 9 heavy (non-hydrogen) atoms. The van der Waals surface area contributed by atoms with Crippen molar-refractivity contribution in [1.82, 2.24) is 0 Å². The van der Waals surface area contributed by atoms with Gasteiger partial charge in [-0.1, -0.05) is 54.3 Å². The van der Waals surface area contributed by atoms with Gasteiger partial charge in [0.2, 0.25) is 0 Å². The number of hydrogen-bond acceptors (Lipinski definition) is 0. The van der Waals surface area contributed by atoms with Crippen molar-refractivity contribution < 1.29 is 0 Å². The second kappa shape index (κ2) is 6.33. The highest BCUT2D eigenvalue weighted by Gasteiger charge is 1.89. The summed E-state index contributed by atoms with van der Waals surface area (Å²) in [5.74, 6) is 0. The lowest BCUT2D eigenvalue weighted by Gasteiger charge is -1.95. The molecule has 0 amide bonds. The van der Waals surface area contributed by atoms with Crippen molar-refractivity contribution in [3.8, 4) is 0 Å². The Balaban J connectivity index is 3.08. The molecule has 1 unspecified atom stereocenters. The van der Waals surface area contributed by atoms with E-state index in [0.717, 1.165) is 3.92 Å². The Morgan fingerprint density at radius 3 is 2.78 bits per heavy atom. The molecule has 0 aromatic rings. The highest BCUT2D eigenvalue weighted by molar-refractivity contribution is 14.1. The van der Waals surface area contributed by atoms with Crippen LogP contribution >= 0.6 is 22.6 Å². The zero-order chi connectivity index (χ0) is 7.11. The van der Waals surface area contributed by atoms with Crippen LogP contribution in [0, 0.1) is 0 Å². The minimum Gasteiger partial charge on any atom is -0.0991 e. The van der Waals surface area contributed by atoms with Crippen LogP contribution in [0.25, 0.3) is 0 Å². The van der Waals surface area contributed by atoms with Crippen LogP contribution in [0.2, 0.25) is 0 Å². The monoisotopic (exact) mass is 236 g/mol. The molecule has 0 aromatic heterocycles. The van der Waals surface area contributed by atoms with E-state index in [4.69, 9.17) is 0 Å². The molecule has 0 radical (unpaired) electrons. The van der Waals surface area contributed by atoms with Crippen LogP contribution in [-0.2, 0) is 0 Å². The molecule has 0 heterocycles. The van der Waals surface area contributed by atoms with Crippen LogP contribution in [0.1, 0.15) is 19.8 Å². The molecule has 0 aliphatic carbocycles. The molecule has 1 atom stereocenters. The van der Waals surface area contributed by atoms with E-state index in [-0.39, 0.29) is 0 Å². The molecule has 0 aromatic carbocycles. The Labute approximate surface area is 71.2 Å². The molecule has 0 bridgehead atoms. The fraction of sp³-hybridized carbons (Fsp3) is 0.500. The molecule has 0 aliphatic heterocycles. The predicted octanol–water partition coefficient (Wildman–Crippen LogP) is 3.33. The van der Waals surface area contributed by atoms with Gasteiger partial charge in [-0.25, -0.2) is 0 Å². The van der Waals surface area contributed by atoms with E-state index < -0.39 is 0 Å². The maximum absolute atomic E-state index is 3.59. The number of rotatable bonds is 4. The normalized spacial score (nSPS) is 14.0. The number of hydrogen-bond donors (Lipinski definition) is 0. The molecule has 1 heteroatoms. The smallest absolute Gasteiger partial charge is 0.00842 e. The van der Waals surface area contributed by atoms with Gasteiger partial charge in [0.1, 0.15) is 0 Å². The van der Waals surface area contributed by atoms with Crippen LogP contribution in [0.3, 0.4) is 0 Å². The average molecular weight is 236 g/mol. The maximum atomic E-state index is 3.59. The van der Waals surface area contributed by atoms with Gasteiger partial charge < -0.3 is 0 Å². The van der Waals surface area contributed by atoms with Crippen LogP contribution < -0.4 is 0 Å². The molecule has 0 aliphatic rings. The third-order valence-corrected chi connectivity index (χ3v) is 1.63. The van der Waals surface area contributed by atoms with Crippen molar-refractivity contribution in [2.75, 3.05) is 0 Å². The van der Waals surface area contributed by atoms with Crippen molar-refractivity contribution in [3.05, 3.63) is 24.8 Å². The Hall–Kier alpha value is 0.210. The topological polar surface area (TPSA) is 0 Å². The van der Waals surface area contributed by atoms with Gasteiger partial charge in [-0.15, -0.1) is 0 Å². The zero-order valence-corrected chi connectivity index (χ0v) is 7.97. The molecular formula is C8H13I. The number of halogens is 1. The van der Waals surface area contributed by atoms with E-state index in [0.29, 0.717) is 0 Å². The summed E-state index contributed by atoms with van der Waals surface area (Å²) in [7, 11) is 0. The Kier molecular flexibility index (Phi) is 6.48. The van der Waals surface area contributed by atoms with E-state index >= 15 is 0 Å². The second-order valence-electron chi connectivity index (χ2n) is 2.02. The van der Waals surface area contributed by atoms with Crippen molar-refractivity contribution in [2.24, 2.45) is 0 Å². The van der Waals surface area contributed by atoms with Gasteiger partial charge in [-0.3, -0.25) is 0 Å². The first-order valence-corrected chi connectivity index (χ1v) is 4.43. The van der Waals surface area contributed by atoms with Gasteiger partial charge in [0.15, 0.2) is 0 Å². The zero-order valence-electron chi connectivity index (χ0n) is 5.81. The first-order valence-electron chi connectivity index (χ1n) is 3.19. The summed E-state index contributed by atoms with van der Waals surface area (Å²) in [6, 6.07) is 0. The van der Waals surface area contributed by atoms with Crippen LogP contribution in [-0.4, -0.2) is 3.92 Å². The van der Waals surface area contributed by atoms with Gasteiger partial charge in [-0.05, 0) is 12.8 Å². The summed E-state index contributed by atoms with van der Waals surface area (Å²) >= 11 is 2.43. The number of allylic oxidation sites excluding steroid dienone is 3. The molecular weight excluding hydrogens is 223 g/mol. The molecule has 0 spiro atoms. The molecule has 0 saturated heterocycles. The summed E-state index contributed by atoms with van der Waals surface area (Å²) in [5.41, 5.74) is 0. The van der Waals surface area contributed by atoms with Gasteiger partial charge in [0, 0.05) is 3.92 Å². The lowest BCUT2D eigenvalue weighted by molar-refractivity contribution is 0.856. The number of alkyl halides is 1. The second-order valence-corrected chi connectivity index (χ2v) is 4.15. The van der Waals surface area contributed by atoms with Gasteiger partial charge >= 0.3 is 0 Å². The largest absolute Gasteiger partial charge is 0.0991 e. The molecule has 0 saturated carbocycles. The summed E-state index contributed by atoms with van der Waals surface area (Å²) in [5, 5.41) is 0. The predicted molar refractivity (Wildman–Crippen MR) is 52.1 cm³/mol. The van der Waals surface area contributed by atoms with Gasteiger partial charge in [0.05, 0.1) is 0 Å². The molecule has 0 fully saturated rings. The van der Waals surface area contributed by atoms with Crippen molar-refractivity contribution >= 4 is 22.6 Å². The lowest BCUT2D eigenvalue weighted by Crippen LogP contribution is -1.85. The van der Waals surface area contributed by atoms with Crippen molar-refractivity contribution in [3.63, 3.8) is 0 Å². The molecule has 0 rings (SSSR count). The molecule has 0 N–H and O–H groups in total. The Morgan fingerprint density at radius 2 is 2.33 bits per heavy atom. The lowest BCUT2D eigenvalue weighted by atomic mass is 10.2. The van der Waals surface area contributed by atoms with E-state index in [9.17, 15) is 0 Å². The summed E-state index contributed by atoms with van der Waals surface area (Å²) in [4.78, 5) is 0. The van der Waals surface area contributed by atoms with Gasteiger partial charge in [0.25, 0.3) is 0 Å². The summed E-state index contributed by atoms with van der Waals surface area (Å²) in [6.45, 7) is 5.81. The van der Waals surface area contributed by atoms with Crippen molar-refractivity contribution in [1.29, 1.82) is 0 Å². The summed E-state index contributed by atoms with van der Waals surface area (Å²) in [6.07, 6.45) is 8.42. The fourth-order valence-electron chi connectivity index (χ4n) is 0.518. The van der Waals surface area contributed by atoms with Crippen LogP contribution in [0.5, 0.6) is 0 Å². The minimum atomic E-state index is 0.789. The van der Waals surface area contributed by atoms with Gasteiger partial charge in [-0.2, -0.15) is 0 Å². The van der Waals surface area contributed by atoms with Crippen LogP contribution in [0.4, 0.5) is 0 Å². The highest BCUT2D eigenvalue weighted by atomic mass is 127. The maximum Gasteiger partial charge on any atom is 0.00842 e. The first kappa shape index (κ1) is 9.21. The third kappa shape index (κ3) is 8.21. The quantitative estimate of drug-likeness (QED) is 0.399. The third-order valence-electron chi connectivity index (χ3n) is 1.00. The SMILES string of the molecule is C=C/C=C/CCC(C)I. The van der Waals surface area contributed by atoms with Crippen molar-refractivity contribution in [2.45, 2.75) is 23.7 Å². The minimum absolute atomic E-state index is 0.789. The standard InChI is InChI=1S/C8H13I/c1-3-4-5-6-7-8(2)9/h3-5,8H,1,6-7H2,2H3/b5-4+. The van der Waals surface area contributed by atoms with E-state index in [2.05, 4.69) is 42.2 Å². The molecule has 0 nitrogen and oxygen atoms in total. The summed E-state index contributed by atoms with van der Waals surface area (Å²) < 4.78 is 0.789. The highest BCUT2D eigenvalue weighted by Crippen LogP contribution is 2.06. The first-order chi connectivity index (χ1) is 4.27. The molecule has 52 valence electrons. The van der Waals surface area contributed by atoms with E-state index in [1.165, 1.54) is 12.8 Å². The van der Waals surface area contributed by atoms with E-state index in [1.807, 2.05) is 12.2 Å². The van der Waals surface area contributed by atoms with Crippen LogP contribution in [0.15, 0.2) is 24.8 Å². The fourth-order valence-corrected chi connectivity index (χ4v) is 0.878. The Morgan fingerprint density at radius 1 is 1.67 bits per heavy atom.